The van der Waals surface area contributed by atoms with Crippen molar-refractivity contribution < 1.29 is 34.1 Å². The fourth-order valence-electron chi connectivity index (χ4n) is 3.24. The van der Waals surface area contributed by atoms with Crippen molar-refractivity contribution in [1.29, 1.82) is 0 Å². The highest BCUT2D eigenvalue weighted by Gasteiger charge is 2.49. The van der Waals surface area contributed by atoms with Gasteiger partial charge in [-0.15, -0.1) is 11.8 Å². The summed E-state index contributed by atoms with van der Waals surface area (Å²) < 4.78 is 5.46. The third-order valence-corrected chi connectivity index (χ3v) is 5.77. The first-order valence-corrected chi connectivity index (χ1v) is 10.2. The zero-order valence-electron chi connectivity index (χ0n) is 16.7. The number of aliphatic hydroxyl groups is 1. The Kier molecular flexibility index (Phi) is 5.91. The van der Waals surface area contributed by atoms with E-state index in [0.29, 0.717) is 0 Å². The van der Waals surface area contributed by atoms with Gasteiger partial charge in [0.25, 0.3) is 11.8 Å². The van der Waals surface area contributed by atoms with Crippen molar-refractivity contribution in [3.05, 3.63) is 46.7 Å². The van der Waals surface area contributed by atoms with Crippen LogP contribution in [0.4, 0.5) is 0 Å². The molecule has 2 aliphatic rings. The molecule has 0 saturated carbocycles. The molecule has 160 valence electrons. The maximum Gasteiger partial charge on any atom is 0.352 e. The Hall–Kier alpha value is -2.85. The molecule has 3 rings (SSSR count). The number of amides is 2. The van der Waals surface area contributed by atoms with Crippen molar-refractivity contribution in [2.24, 2.45) is 0 Å². The van der Waals surface area contributed by atoms with Crippen molar-refractivity contribution in [3.8, 4) is 0 Å². The molecule has 2 amide bonds. The largest absolute Gasteiger partial charge is 0.477 e. The predicted octanol–water partition coefficient (Wildman–Crippen LogP) is 0.986. The lowest BCUT2D eigenvalue weighted by molar-refractivity contribution is -0.160. The second kappa shape index (κ2) is 8.11. The minimum atomic E-state index is -1.41. The van der Waals surface area contributed by atoms with Gasteiger partial charge in [-0.25, -0.2) is 9.59 Å². The van der Waals surface area contributed by atoms with E-state index in [2.05, 4.69) is 5.32 Å². The number of carboxylic acid groups (broad SMARTS) is 1. The predicted molar refractivity (Wildman–Crippen MR) is 108 cm³/mol. The fraction of sp³-hybridized carbons (Fsp3) is 0.400. The molecule has 0 spiro atoms. The summed E-state index contributed by atoms with van der Waals surface area (Å²) in [5.41, 5.74) is -0.570. The normalized spacial score (nSPS) is 20.0. The molecule has 0 aromatic heterocycles. The van der Waals surface area contributed by atoms with Crippen LogP contribution in [0.5, 0.6) is 0 Å². The van der Waals surface area contributed by atoms with Crippen LogP contribution in [-0.2, 0) is 14.3 Å². The number of nitrogens with zero attached hydrogens (tertiary/aromatic N) is 1. The number of esters is 1. The van der Waals surface area contributed by atoms with E-state index >= 15 is 0 Å². The van der Waals surface area contributed by atoms with Gasteiger partial charge < -0.3 is 20.3 Å². The minimum Gasteiger partial charge on any atom is -0.477 e. The molecule has 0 aliphatic carbocycles. The molecule has 2 heterocycles. The summed E-state index contributed by atoms with van der Waals surface area (Å²) in [4.78, 5) is 51.5. The van der Waals surface area contributed by atoms with Gasteiger partial charge in [0.1, 0.15) is 16.7 Å². The third kappa shape index (κ3) is 4.05. The summed E-state index contributed by atoms with van der Waals surface area (Å²) in [6.45, 7) is 4.48. The molecule has 2 aliphatic heterocycles. The molecule has 2 atom stereocenters. The Balaban J connectivity index is 2.02. The lowest BCUT2D eigenvalue weighted by Gasteiger charge is -2.36. The van der Waals surface area contributed by atoms with E-state index in [9.17, 15) is 29.4 Å². The Labute approximate surface area is 177 Å². The zero-order valence-corrected chi connectivity index (χ0v) is 17.5. The average molecular weight is 434 g/mol. The van der Waals surface area contributed by atoms with E-state index < -0.39 is 47.4 Å². The minimum absolute atomic E-state index is 0.109. The first-order chi connectivity index (χ1) is 14.0. The third-order valence-electron chi connectivity index (χ3n) is 4.52. The molecule has 0 bridgehead atoms. The number of fused-ring (bicyclic) bond motifs is 1. The summed E-state index contributed by atoms with van der Waals surface area (Å²) in [7, 11) is 0. The monoisotopic (exact) mass is 434 g/mol. The highest BCUT2D eigenvalue weighted by atomic mass is 32.2. The first-order valence-electron chi connectivity index (χ1n) is 9.19. The lowest BCUT2D eigenvalue weighted by Crippen LogP contribution is -2.57. The van der Waals surface area contributed by atoms with Gasteiger partial charge in [-0.2, -0.15) is 0 Å². The van der Waals surface area contributed by atoms with Gasteiger partial charge >= 0.3 is 11.9 Å². The van der Waals surface area contributed by atoms with Gasteiger partial charge in [0, 0.05) is 5.75 Å². The van der Waals surface area contributed by atoms with Crippen molar-refractivity contribution >= 4 is 35.5 Å². The molecule has 0 radical (unpaired) electrons. The second-order valence-electron chi connectivity index (χ2n) is 7.82. The molecule has 3 N–H and O–H groups in total. The van der Waals surface area contributed by atoms with E-state index in [4.69, 9.17) is 4.74 Å². The maximum absolute atomic E-state index is 13.1. The van der Waals surface area contributed by atoms with Crippen molar-refractivity contribution in [2.75, 3.05) is 12.4 Å². The number of rotatable bonds is 5. The maximum atomic E-state index is 13.1. The Morgan fingerprint density at radius 3 is 2.27 bits per heavy atom. The highest BCUT2D eigenvalue weighted by Crippen LogP contribution is 2.32. The molecule has 1 aromatic rings. The van der Waals surface area contributed by atoms with Crippen LogP contribution in [0.15, 0.2) is 35.5 Å². The van der Waals surface area contributed by atoms with E-state index in [0.717, 1.165) is 16.7 Å². The summed E-state index contributed by atoms with van der Waals surface area (Å²) in [5.74, 6) is -3.34. The number of ether oxygens (including phenoxy) is 1. The van der Waals surface area contributed by atoms with Crippen LogP contribution in [-0.4, -0.2) is 68.2 Å². The molecule has 30 heavy (non-hydrogen) atoms. The van der Waals surface area contributed by atoms with Gasteiger partial charge in [-0.05, 0) is 38.5 Å². The first kappa shape index (κ1) is 21.8. The summed E-state index contributed by atoms with van der Waals surface area (Å²) >= 11 is 1.11. The molecule has 10 heteroatoms. The number of benzene rings is 1. The van der Waals surface area contributed by atoms with Crippen LogP contribution in [0.25, 0.3) is 0 Å². The van der Waals surface area contributed by atoms with Crippen LogP contribution in [0.3, 0.4) is 0 Å². The number of hydrogen-bond donors (Lipinski definition) is 3. The van der Waals surface area contributed by atoms with E-state index in [1.807, 2.05) is 0 Å². The van der Waals surface area contributed by atoms with Gasteiger partial charge in [0.15, 0.2) is 6.04 Å². The number of carbonyl (C=O) groups excluding carboxylic acids is 3. The highest BCUT2D eigenvalue weighted by molar-refractivity contribution is 8.00. The van der Waals surface area contributed by atoms with Crippen molar-refractivity contribution in [2.45, 2.75) is 37.8 Å². The number of carboxylic acids is 1. The van der Waals surface area contributed by atoms with E-state index in [1.54, 1.807) is 32.9 Å². The number of hydrogen-bond acceptors (Lipinski definition) is 8. The fourth-order valence-corrected chi connectivity index (χ4v) is 4.48. The van der Waals surface area contributed by atoms with E-state index in [1.165, 1.54) is 12.1 Å². The number of carbonyl (C=O) groups is 4. The van der Waals surface area contributed by atoms with Crippen LogP contribution >= 0.6 is 11.8 Å². The Morgan fingerprint density at radius 1 is 1.23 bits per heavy atom. The number of imide groups is 1. The molecule has 0 saturated heterocycles. The standard InChI is InChI=1S/C20H22N2O7S/c1-20(2,3)29-19(28)14(15-21-13(18(26)27)10(8-23)9-30-15)22-16(24)11-6-4-5-7-12(11)17(22)25/h4-7,14-15,21,23H,8-9H2,1-3H3,(H,26,27). The van der Waals surface area contributed by atoms with Gasteiger partial charge in [-0.1, -0.05) is 12.1 Å². The SMILES string of the molecule is CC(C)(C)OC(=O)C(C1NC(C(=O)O)=C(CO)CS1)N1C(=O)c2ccccc2C1=O. The van der Waals surface area contributed by atoms with Crippen LogP contribution in [0.2, 0.25) is 0 Å². The second-order valence-corrected chi connectivity index (χ2v) is 8.95. The molecular weight excluding hydrogens is 412 g/mol. The number of nitrogens with one attached hydrogen (secondary N) is 1. The molecule has 2 unspecified atom stereocenters. The molecule has 9 nitrogen and oxygen atoms in total. The van der Waals surface area contributed by atoms with E-state index in [-0.39, 0.29) is 28.1 Å². The van der Waals surface area contributed by atoms with Crippen LogP contribution < -0.4 is 5.32 Å². The van der Waals surface area contributed by atoms with Crippen LogP contribution in [0.1, 0.15) is 41.5 Å². The molecule has 1 aromatic carbocycles. The number of aliphatic hydroxyl groups excluding tert-OH is 1. The Morgan fingerprint density at radius 2 is 1.80 bits per heavy atom. The molecule has 0 fully saturated rings. The summed E-state index contributed by atoms with van der Waals surface area (Å²) in [6, 6.07) is 4.81. The van der Waals surface area contributed by atoms with Crippen molar-refractivity contribution in [3.63, 3.8) is 0 Å². The zero-order chi connectivity index (χ0) is 22.2. The quantitative estimate of drug-likeness (QED) is 0.458. The number of thioether (sulfide) groups is 1. The topological polar surface area (TPSA) is 133 Å². The Bertz CT molecular complexity index is 916. The summed E-state index contributed by atoms with van der Waals surface area (Å²) in [5, 5.41) is 20.6. The number of aliphatic carboxylic acids is 1. The summed E-state index contributed by atoms with van der Waals surface area (Å²) in [6.07, 6.45) is 0. The average Bonchev–Trinajstić information content (AvgIpc) is 2.92. The smallest absolute Gasteiger partial charge is 0.352 e. The van der Waals surface area contributed by atoms with Gasteiger partial charge in [-0.3, -0.25) is 14.5 Å². The van der Waals surface area contributed by atoms with Gasteiger partial charge in [0.05, 0.1) is 17.7 Å². The lowest BCUT2D eigenvalue weighted by atomic mass is 10.1. The molecular formula is C20H22N2O7S. The van der Waals surface area contributed by atoms with Gasteiger partial charge in [0.2, 0.25) is 0 Å². The van der Waals surface area contributed by atoms with Crippen LogP contribution in [0, 0.1) is 0 Å². The van der Waals surface area contributed by atoms with Crippen molar-refractivity contribution in [1.82, 2.24) is 10.2 Å².